The zero-order valence-corrected chi connectivity index (χ0v) is 9.86. The molecule has 0 aliphatic heterocycles. The highest BCUT2D eigenvalue weighted by atomic mass is 16.5. The Morgan fingerprint density at radius 2 is 2.13 bits per heavy atom. The summed E-state index contributed by atoms with van der Waals surface area (Å²) in [5.74, 6) is 0. The summed E-state index contributed by atoms with van der Waals surface area (Å²) in [4.78, 5) is 0. The second kappa shape index (κ2) is 5.72. The molecule has 1 nitrogen and oxygen atoms in total. The van der Waals surface area contributed by atoms with Gasteiger partial charge in [0.2, 0.25) is 0 Å². The van der Waals surface area contributed by atoms with Crippen molar-refractivity contribution in [1.82, 2.24) is 0 Å². The van der Waals surface area contributed by atoms with E-state index in [4.69, 9.17) is 4.74 Å². The van der Waals surface area contributed by atoms with Gasteiger partial charge in [0.1, 0.15) is 0 Å². The van der Waals surface area contributed by atoms with Gasteiger partial charge in [-0.3, -0.25) is 0 Å². The Hall–Kier alpha value is -1.08. The van der Waals surface area contributed by atoms with Crippen LogP contribution in [0.1, 0.15) is 44.4 Å². The maximum absolute atomic E-state index is 5.85. The average Bonchev–Trinajstić information content (AvgIpc) is 2.25. The fraction of sp³-hybridized carbons (Fsp3) is 0.429. The molecule has 0 saturated heterocycles. The minimum absolute atomic E-state index is 0.199. The maximum Gasteiger partial charge on any atom is 0.0826 e. The molecule has 0 spiro atoms. The largest absolute Gasteiger partial charge is 0.371 e. The molecule has 1 unspecified atom stereocenters. The van der Waals surface area contributed by atoms with Crippen LogP contribution in [0.5, 0.6) is 0 Å². The Kier molecular flexibility index (Phi) is 4.57. The van der Waals surface area contributed by atoms with Gasteiger partial charge >= 0.3 is 0 Å². The molecule has 0 bridgehead atoms. The van der Waals surface area contributed by atoms with Crippen LogP contribution >= 0.6 is 0 Å². The number of ether oxygens (including phenoxy) is 1. The van der Waals surface area contributed by atoms with E-state index >= 15 is 0 Å². The highest BCUT2D eigenvalue weighted by molar-refractivity contribution is 5.48. The lowest BCUT2D eigenvalue weighted by atomic mass is 10.0. The van der Waals surface area contributed by atoms with Crippen LogP contribution in [0.3, 0.4) is 0 Å². The Morgan fingerprint density at radius 3 is 2.67 bits per heavy atom. The first-order valence-corrected chi connectivity index (χ1v) is 5.55. The van der Waals surface area contributed by atoms with E-state index in [1.165, 1.54) is 5.56 Å². The molecule has 0 heterocycles. The van der Waals surface area contributed by atoms with Crippen LogP contribution in [0.4, 0.5) is 0 Å². The Bertz CT molecular complexity index is 315. The SMILES string of the molecule is C=Cc1cccc(C(CC)OC(C)C)c1. The smallest absolute Gasteiger partial charge is 0.0826 e. The molecule has 15 heavy (non-hydrogen) atoms. The van der Waals surface area contributed by atoms with Crippen molar-refractivity contribution in [3.63, 3.8) is 0 Å². The van der Waals surface area contributed by atoms with E-state index in [1.807, 2.05) is 6.08 Å². The molecule has 0 radical (unpaired) electrons. The number of hydrogen-bond acceptors (Lipinski definition) is 1. The van der Waals surface area contributed by atoms with E-state index in [0.29, 0.717) is 0 Å². The molecule has 0 aliphatic carbocycles. The van der Waals surface area contributed by atoms with Crippen LogP contribution in [0.2, 0.25) is 0 Å². The Labute approximate surface area is 92.8 Å². The molecule has 1 rings (SSSR count). The number of benzene rings is 1. The summed E-state index contributed by atoms with van der Waals surface area (Å²) in [6.45, 7) is 10.1. The topological polar surface area (TPSA) is 9.23 Å². The van der Waals surface area contributed by atoms with Crippen LogP contribution in [0, 0.1) is 0 Å². The summed E-state index contributed by atoms with van der Waals surface area (Å²) in [6, 6.07) is 8.37. The zero-order valence-electron chi connectivity index (χ0n) is 9.86. The van der Waals surface area contributed by atoms with Gasteiger partial charge in [-0.15, -0.1) is 0 Å². The molecule has 1 aromatic rings. The van der Waals surface area contributed by atoms with Crippen molar-refractivity contribution >= 4 is 6.08 Å². The third-order valence-corrected chi connectivity index (χ3v) is 2.33. The summed E-state index contributed by atoms with van der Waals surface area (Å²) in [5.41, 5.74) is 2.39. The monoisotopic (exact) mass is 204 g/mol. The maximum atomic E-state index is 5.85. The van der Waals surface area contributed by atoms with Gasteiger partial charge in [-0.25, -0.2) is 0 Å². The van der Waals surface area contributed by atoms with E-state index < -0.39 is 0 Å². The lowest BCUT2D eigenvalue weighted by molar-refractivity contribution is 0.00448. The fourth-order valence-electron chi connectivity index (χ4n) is 1.63. The predicted octanol–water partition coefficient (Wildman–Crippen LogP) is 4.21. The Balaban J connectivity index is 2.85. The normalized spacial score (nSPS) is 12.8. The molecule has 1 atom stereocenters. The van der Waals surface area contributed by atoms with E-state index in [1.54, 1.807) is 0 Å². The van der Waals surface area contributed by atoms with E-state index in [9.17, 15) is 0 Å². The molecule has 1 heteroatoms. The molecule has 0 aromatic heterocycles. The lowest BCUT2D eigenvalue weighted by Gasteiger charge is -2.19. The predicted molar refractivity (Wildman–Crippen MR) is 65.8 cm³/mol. The second-order valence-electron chi connectivity index (χ2n) is 3.96. The van der Waals surface area contributed by atoms with Crippen molar-refractivity contribution in [2.75, 3.05) is 0 Å². The van der Waals surface area contributed by atoms with Crippen LogP contribution in [0.25, 0.3) is 6.08 Å². The minimum Gasteiger partial charge on any atom is -0.371 e. The summed E-state index contributed by atoms with van der Waals surface area (Å²) in [5, 5.41) is 0. The summed E-state index contributed by atoms with van der Waals surface area (Å²) in [6.07, 6.45) is 3.33. The van der Waals surface area contributed by atoms with Crippen LogP contribution in [-0.4, -0.2) is 6.10 Å². The van der Waals surface area contributed by atoms with Crippen LogP contribution < -0.4 is 0 Å². The highest BCUT2D eigenvalue weighted by Crippen LogP contribution is 2.23. The third kappa shape index (κ3) is 3.52. The van der Waals surface area contributed by atoms with Crippen molar-refractivity contribution in [3.8, 4) is 0 Å². The standard InChI is InChI=1S/C14H20O/c1-5-12-8-7-9-13(10-12)14(6-2)15-11(3)4/h5,7-11,14H,1,6H2,2-4H3. The average molecular weight is 204 g/mol. The zero-order chi connectivity index (χ0) is 11.3. The summed E-state index contributed by atoms with van der Waals surface area (Å²) >= 11 is 0. The third-order valence-electron chi connectivity index (χ3n) is 2.33. The van der Waals surface area contributed by atoms with Crippen molar-refractivity contribution in [2.24, 2.45) is 0 Å². The summed E-state index contributed by atoms with van der Waals surface area (Å²) < 4.78 is 5.85. The van der Waals surface area contributed by atoms with Gasteiger partial charge in [-0.05, 0) is 37.5 Å². The van der Waals surface area contributed by atoms with Gasteiger partial charge in [0.15, 0.2) is 0 Å². The summed E-state index contributed by atoms with van der Waals surface area (Å²) in [7, 11) is 0. The molecule has 82 valence electrons. The molecule has 0 amide bonds. The molecular weight excluding hydrogens is 184 g/mol. The Morgan fingerprint density at radius 1 is 1.40 bits per heavy atom. The highest BCUT2D eigenvalue weighted by Gasteiger charge is 2.11. The first kappa shape index (κ1) is 12.0. The van der Waals surface area contributed by atoms with Crippen LogP contribution in [0.15, 0.2) is 30.8 Å². The van der Waals surface area contributed by atoms with Gasteiger partial charge in [0.25, 0.3) is 0 Å². The van der Waals surface area contributed by atoms with Gasteiger partial charge in [-0.1, -0.05) is 37.8 Å². The van der Waals surface area contributed by atoms with Crippen molar-refractivity contribution in [2.45, 2.75) is 39.4 Å². The van der Waals surface area contributed by atoms with E-state index in [0.717, 1.165) is 12.0 Å². The molecule has 0 N–H and O–H groups in total. The van der Waals surface area contributed by atoms with Gasteiger partial charge < -0.3 is 4.74 Å². The van der Waals surface area contributed by atoms with Crippen molar-refractivity contribution < 1.29 is 4.74 Å². The molecular formula is C14H20O. The second-order valence-corrected chi connectivity index (χ2v) is 3.96. The van der Waals surface area contributed by atoms with Crippen molar-refractivity contribution in [3.05, 3.63) is 42.0 Å². The van der Waals surface area contributed by atoms with Gasteiger partial charge in [0.05, 0.1) is 12.2 Å². The van der Waals surface area contributed by atoms with Gasteiger partial charge in [0, 0.05) is 0 Å². The molecule has 1 aromatic carbocycles. The van der Waals surface area contributed by atoms with Crippen molar-refractivity contribution in [1.29, 1.82) is 0 Å². The fourth-order valence-corrected chi connectivity index (χ4v) is 1.63. The van der Waals surface area contributed by atoms with E-state index in [2.05, 4.69) is 51.6 Å². The number of rotatable bonds is 5. The lowest BCUT2D eigenvalue weighted by Crippen LogP contribution is -2.09. The number of hydrogen-bond donors (Lipinski definition) is 0. The van der Waals surface area contributed by atoms with Crippen LogP contribution in [-0.2, 0) is 4.74 Å². The van der Waals surface area contributed by atoms with Gasteiger partial charge in [-0.2, -0.15) is 0 Å². The quantitative estimate of drug-likeness (QED) is 0.698. The molecule has 0 saturated carbocycles. The van der Waals surface area contributed by atoms with E-state index in [-0.39, 0.29) is 12.2 Å². The minimum atomic E-state index is 0.199. The first-order valence-electron chi connectivity index (χ1n) is 5.55. The molecule has 0 fully saturated rings. The first-order chi connectivity index (χ1) is 7.17. The molecule has 0 aliphatic rings.